The van der Waals surface area contributed by atoms with E-state index >= 15 is 0 Å². The molecule has 1 atom stereocenters. The summed E-state index contributed by atoms with van der Waals surface area (Å²) >= 11 is 6.13. The molecule has 4 rings (SSSR count). The van der Waals surface area contributed by atoms with Gasteiger partial charge in [0.15, 0.2) is 6.04 Å². The van der Waals surface area contributed by atoms with Crippen molar-refractivity contribution in [1.82, 2.24) is 0 Å². The molecule has 2 aliphatic rings. The maximum absolute atomic E-state index is 13.2. The lowest BCUT2D eigenvalue weighted by atomic mass is 10.1. The molecule has 1 N–H and O–H groups in total. The first kappa shape index (κ1) is 23.6. The number of nitrogens with one attached hydrogen (secondary N) is 1. The van der Waals surface area contributed by atoms with Gasteiger partial charge in [0.1, 0.15) is 5.75 Å². The molecule has 6 nitrogen and oxygen atoms in total. The zero-order valence-electron chi connectivity index (χ0n) is 19.3. The number of carbonyl (C=O) groups excluding carboxylic acids is 2. The minimum atomic E-state index is -0.312. The van der Waals surface area contributed by atoms with E-state index in [1.807, 2.05) is 42.5 Å². The van der Waals surface area contributed by atoms with Crippen LogP contribution < -0.4 is 19.4 Å². The Kier molecular flexibility index (Phi) is 7.89. The second kappa shape index (κ2) is 11.0. The number of unbranched alkanes of at least 4 members (excludes halogenated alkanes) is 3. The van der Waals surface area contributed by atoms with Gasteiger partial charge < -0.3 is 14.5 Å². The number of carbonyl (C=O) groups is 2. The molecule has 7 heteroatoms. The Labute approximate surface area is 201 Å². The molecule has 0 aromatic heterocycles. The van der Waals surface area contributed by atoms with Crippen molar-refractivity contribution in [1.29, 1.82) is 0 Å². The zero-order chi connectivity index (χ0) is 23.2. The van der Waals surface area contributed by atoms with E-state index in [1.54, 1.807) is 0 Å². The van der Waals surface area contributed by atoms with Gasteiger partial charge in [0.05, 0.1) is 44.9 Å². The highest BCUT2D eigenvalue weighted by Gasteiger charge is 2.46. The number of ether oxygens (including phenoxy) is 1. The average Bonchev–Trinajstić information content (AvgIpc) is 3.13. The van der Waals surface area contributed by atoms with E-state index in [0.717, 1.165) is 49.1 Å². The second-order valence-corrected chi connectivity index (χ2v) is 9.29. The van der Waals surface area contributed by atoms with Crippen LogP contribution >= 0.6 is 11.6 Å². The molecule has 2 fully saturated rings. The highest BCUT2D eigenvalue weighted by Crippen LogP contribution is 2.25. The molecule has 0 radical (unpaired) electrons. The summed E-state index contributed by atoms with van der Waals surface area (Å²) in [6.07, 6.45) is 4.89. The Bertz CT molecular complexity index is 958. The fourth-order valence-corrected chi connectivity index (χ4v) is 4.89. The van der Waals surface area contributed by atoms with E-state index < -0.39 is 0 Å². The Hall–Kier alpha value is -2.57. The molecule has 0 bridgehead atoms. The van der Waals surface area contributed by atoms with Gasteiger partial charge in [0.25, 0.3) is 5.91 Å². The van der Waals surface area contributed by atoms with Gasteiger partial charge in [-0.15, -0.1) is 0 Å². The maximum Gasteiger partial charge on any atom is 0.292 e. The Morgan fingerprint density at radius 1 is 1.00 bits per heavy atom. The van der Waals surface area contributed by atoms with Crippen molar-refractivity contribution in [3.05, 3.63) is 53.6 Å². The van der Waals surface area contributed by atoms with E-state index in [2.05, 4.69) is 17.9 Å². The van der Waals surface area contributed by atoms with Gasteiger partial charge in [-0.25, -0.2) is 4.90 Å². The Balaban J connectivity index is 1.32. The van der Waals surface area contributed by atoms with Crippen molar-refractivity contribution in [2.45, 2.75) is 45.1 Å². The molecule has 2 saturated heterocycles. The Morgan fingerprint density at radius 3 is 2.45 bits per heavy atom. The van der Waals surface area contributed by atoms with E-state index in [9.17, 15) is 9.59 Å². The largest absolute Gasteiger partial charge is 0.494 e. The number of quaternary nitrogens is 1. The van der Waals surface area contributed by atoms with Crippen LogP contribution in [0.5, 0.6) is 5.75 Å². The molecule has 2 aliphatic heterocycles. The number of rotatable bonds is 9. The van der Waals surface area contributed by atoms with Crippen LogP contribution in [0.1, 0.15) is 39.0 Å². The van der Waals surface area contributed by atoms with E-state index in [1.165, 1.54) is 29.1 Å². The second-order valence-electron chi connectivity index (χ2n) is 8.85. The predicted octanol–water partition coefficient (Wildman–Crippen LogP) is 3.34. The monoisotopic (exact) mass is 470 g/mol. The van der Waals surface area contributed by atoms with Crippen molar-refractivity contribution in [3.63, 3.8) is 0 Å². The summed E-state index contributed by atoms with van der Waals surface area (Å²) in [4.78, 5) is 30.8. The van der Waals surface area contributed by atoms with Crippen molar-refractivity contribution in [2.75, 3.05) is 42.6 Å². The topological polar surface area (TPSA) is 54.3 Å². The molecule has 2 heterocycles. The van der Waals surface area contributed by atoms with E-state index in [4.69, 9.17) is 16.3 Å². The highest BCUT2D eigenvalue weighted by molar-refractivity contribution is 6.30. The molecule has 2 amide bonds. The van der Waals surface area contributed by atoms with Crippen molar-refractivity contribution in [2.24, 2.45) is 0 Å². The number of amides is 2. The third-order valence-corrected chi connectivity index (χ3v) is 6.82. The van der Waals surface area contributed by atoms with Crippen LogP contribution in [0.15, 0.2) is 48.5 Å². The fraction of sp³-hybridized carbons (Fsp3) is 0.462. The fourth-order valence-electron chi connectivity index (χ4n) is 4.71. The number of hydrogen-bond donors (Lipinski definition) is 1. The number of piperazine rings is 1. The highest BCUT2D eigenvalue weighted by atomic mass is 35.5. The maximum atomic E-state index is 13.2. The smallest absolute Gasteiger partial charge is 0.292 e. The molecule has 33 heavy (non-hydrogen) atoms. The van der Waals surface area contributed by atoms with Crippen LogP contribution in [0.4, 0.5) is 11.4 Å². The molecule has 2 aromatic carbocycles. The average molecular weight is 471 g/mol. The molecule has 2 aromatic rings. The van der Waals surface area contributed by atoms with Gasteiger partial charge in [-0.3, -0.25) is 9.59 Å². The van der Waals surface area contributed by atoms with Gasteiger partial charge in [-0.2, -0.15) is 0 Å². The first-order valence-electron chi connectivity index (χ1n) is 12.0. The predicted molar refractivity (Wildman–Crippen MR) is 131 cm³/mol. The van der Waals surface area contributed by atoms with Crippen LogP contribution in [0, 0.1) is 0 Å². The molecule has 0 spiro atoms. The van der Waals surface area contributed by atoms with Gasteiger partial charge >= 0.3 is 0 Å². The standard InChI is InChI=1S/C26H32ClN3O3/c1-2-3-4-5-17-33-23-11-9-21(10-12-23)30-25(31)19-24(26(30)32)29-15-13-28(14-16-29)22-8-6-7-20(27)18-22/h6-12,18,24H,2-5,13-17,19H2,1H3/p+1/t24-/m0/s1. The van der Waals surface area contributed by atoms with Crippen LogP contribution in [0.2, 0.25) is 5.02 Å². The minimum absolute atomic E-state index is 0.0977. The molecular formula is C26H33ClN3O3+. The summed E-state index contributed by atoms with van der Waals surface area (Å²) in [5.41, 5.74) is 1.73. The lowest BCUT2D eigenvalue weighted by molar-refractivity contribution is -0.915. The van der Waals surface area contributed by atoms with Crippen LogP contribution in [0.25, 0.3) is 0 Å². The van der Waals surface area contributed by atoms with Gasteiger partial charge in [-0.05, 0) is 48.9 Å². The van der Waals surface area contributed by atoms with Crippen molar-refractivity contribution in [3.8, 4) is 5.75 Å². The summed E-state index contributed by atoms with van der Waals surface area (Å²) in [5.74, 6) is 0.552. The lowest BCUT2D eigenvalue weighted by Gasteiger charge is -2.35. The molecule has 0 unspecified atom stereocenters. The van der Waals surface area contributed by atoms with Gasteiger partial charge in [-0.1, -0.05) is 43.9 Å². The summed E-state index contributed by atoms with van der Waals surface area (Å²) in [5, 5.41) is 0.724. The quantitative estimate of drug-likeness (QED) is 0.451. The summed E-state index contributed by atoms with van der Waals surface area (Å²) in [6.45, 7) is 6.17. The number of benzene rings is 2. The lowest BCUT2D eigenvalue weighted by Crippen LogP contribution is -3.19. The molecule has 0 saturated carbocycles. The van der Waals surface area contributed by atoms with Gasteiger partial charge in [0, 0.05) is 10.7 Å². The number of halogens is 1. The van der Waals surface area contributed by atoms with Crippen LogP contribution in [0.3, 0.4) is 0 Å². The molecule has 0 aliphatic carbocycles. The van der Waals surface area contributed by atoms with Crippen molar-refractivity contribution >= 4 is 34.8 Å². The zero-order valence-corrected chi connectivity index (χ0v) is 20.0. The SMILES string of the molecule is CCCCCCOc1ccc(N2C(=O)C[C@H]([NH+]3CCN(c4cccc(Cl)c4)CC3)C2=O)cc1. The summed E-state index contributed by atoms with van der Waals surface area (Å²) in [6, 6.07) is 14.9. The van der Waals surface area contributed by atoms with E-state index in [0.29, 0.717) is 12.3 Å². The molecular weight excluding hydrogens is 438 g/mol. The number of nitrogens with zero attached hydrogens (tertiary/aromatic N) is 2. The van der Waals surface area contributed by atoms with Crippen molar-refractivity contribution < 1.29 is 19.2 Å². The first-order valence-corrected chi connectivity index (χ1v) is 12.4. The summed E-state index contributed by atoms with van der Waals surface area (Å²) in [7, 11) is 0. The number of anilines is 2. The normalized spacial score (nSPS) is 19.4. The Morgan fingerprint density at radius 2 is 1.76 bits per heavy atom. The third kappa shape index (κ3) is 5.68. The summed E-state index contributed by atoms with van der Waals surface area (Å²) < 4.78 is 5.79. The molecule has 176 valence electrons. The first-order chi connectivity index (χ1) is 16.1. The third-order valence-electron chi connectivity index (χ3n) is 6.58. The minimum Gasteiger partial charge on any atom is -0.494 e. The number of hydrogen-bond acceptors (Lipinski definition) is 4. The number of imide groups is 1. The van der Waals surface area contributed by atoms with Crippen LogP contribution in [-0.4, -0.2) is 50.6 Å². The van der Waals surface area contributed by atoms with E-state index in [-0.39, 0.29) is 24.3 Å². The van der Waals surface area contributed by atoms with Crippen LogP contribution in [-0.2, 0) is 9.59 Å². The van der Waals surface area contributed by atoms with Gasteiger partial charge in [0.2, 0.25) is 5.91 Å².